The highest BCUT2D eigenvalue weighted by atomic mass is 16.6. The molecule has 6 fully saturated rings. The van der Waals surface area contributed by atoms with E-state index in [0.717, 1.165) is 6.54 Å². The van der Waals surface area contributed by atoms with Crippen molar-refractivity contribution in [3.8, 4) is 5.75 Å². The van der Waals surface area contributed by atoms with Gasteiger partial charge in [0.25, 0.3) is 0 Å². The maximum Gasteiger partial charge on any atom is 0.338 e. The van der Waals surface area contributed by atoms with Crippen molar-refractivity contribution in [3.05, 3.63) is 29.8 Å². The van der Waals surface area contributed by atoms with Crippen LogP contribution in [0.1, 0.15) is 43.0 Å². The van der Waals surface area contributed by atoms with Gasteiger partial charge in [-0.15, -0.1) is 0 Å². The van der Waals surface area contributed by atoms with Crippen molar-refractivity contribution in [1.29, 1.82) is 0 Å². The first-order valence-electron chi connectivity index (χ1n) is 15.4. The zero-order chi connectivity index (χ0) is 29.8. The molecule has 1 aromatic rings. The number of carbonyl (C=O) groups is 1. The number of benzene rings is 1. The number of piperidine rings is 1. The molecule has 7 bridgehead atoms. The standard InChI is InChI=1S/C32H45NO9/c1-6-33-15-29(16-38-2)21-11-19-26(33)32(21,23(40-4)12-22(29)34)20-13-31(37)24(41-5)14-30(19,36)25(20)27(31)42-28(35)17-7-9-18(39-3)10-8-17/h7-10,19-27,34,36-37H,6,11-16H2,1-5H3. The molecule has 1 heterocycles. The molecule has 6 aliphatic rings. The van der Waals surface area contributed by atoms with Gasteiger partial charge in [0, 0.05) is 69.4 Å². The number of fused-ring (bicyclic) bond motifs is 2. The number of rotatable bonds is 8. The molecule has 7 rings (SSSR count). The van der Waals surface area contributed by atoms with Crippen LogP contribution in [0.15, 0.2) is 24.3 Å². The minimum Gasteiger partial charge on any atom is -0.497 e. The zero-order valence-electron chi connectivity index (χ0n) is 25.2. The average molecular weight is 588 g/mol. The molecule has 1 aromatic carbocycles. The lowest BCUT2D eigenvalue weighted by Crippen LogP contribution is -2.78. The number of hydrogen-bond acceptors (Lipinski definition) is 10. The van der Waals surface area contributed by atoms with Crippen LogP contribution < -0.4 is 4.74 Å². The number of esters is 1. The fraction of sp³-hybridized carbons (Fsp3) is 0.781. The van der Waals surface area contributed by atoms with Crippen LogP contribution in [0.4, 0.5) is 0 Å². The van der Waals surface area contributed by atoms with Crippen molar-refractivity contribution in [2.75, 3.05) is 48.1 Å². The van der Waals surface area contributed by atoms with Crippen molar-refractivity contribution < 1.29 is 43.8 Å². The maximum absolute atomic E-state index is 13.6. The second-order valence-electron chi connectivity index (χ2n) is 13.8. The Labute approximate surface area is 247 Å². The summed E-state index contributed by atoms with van der Waals surface area (Å²) < 4.78 is 29.6. The molecule has 1 aliphatic heterocycles. The fourth-order valence-electron chi connectivity index (χ4n) is 11.7. The van der Waals surface area contributed by atoms with E-state index >= 15 is 0 Å². The van der Waals surface area contributed by atoms with Crippen LogP contribution in [0, 0.1) is 34.5 Å². The van der Waals surface area contributed by atoms with Gasteiger partial charge in [-0.2, -0.15) is 0 Å². The van der Waals surface area contributed by atoms with Crippen LogP contribution in [-0.2, 0) is 18.9 Å². The van der Waals surface area contributed by atoms with Crippen molar-refractivity contribution >= 4 is 5.97 Å². The van der Waals surface area contributed by atoms with Crippen LogP contribution >= 0.6 is 0 Å². The first-order chi connectivity index (χ1) is 20.1. The number of aliphatic hydroxyl groups excluding tert-OH is 1. The molecule has 10 heteroatoms. The van der Waals surface area contributed by atoms with E-state index in [2.05, 4.69) is 11.8 Å². The number of methoxy groups -OCH3 is 4. The van der Waals surface area contributed by atoms with Gasteiger partial charge in [0.15, 0.2) is 0 Å². The molecule has 5 aliphatic carbocycles. The van der Waals surface area contributed by atoms with Gasteiger partial charge < -0.3 is 39.0 Å². The summed E-state index contributed by atoms with van der Waals surface area (Å²) in [6.45, 7) is 3.98. The third-order valence-electron chi connectivity index (χ3n) is 12.9. The molecule has 232 valence electrons. The fourth-order valence-corrected chi connectivity index (χ4v) is 11.7. The minimum absolute atomic E-state index is 0.00271. The molecule has 5 saturated carbocycles. The Morgan fingerprint density at radius 2 is 1.69 bits per heavy atom. The summed E-state index contributed by atoms with van der Waals surface area (Å²) in [5.41, 5.74) is -3.38. The summed E-state index contributed by atoms with van der Waals surface area (Å²) in [5.74, 6) is -0.822. The molecule has 13 atom stereocenters. The molecular weight excluding hydrogens is 542 g/mol. The van der Waals surface area contributed by atoms with Crippen LogP contribution in [0.5, 0.6) is 5.75 Å². The predicted molar refractivity (Wildman–Crippen MR) is 150 cm³/mol. The van der Waals surface area contributed by atoms with Gasteiger partial charge in [0.1, 0.15) is 17.5 Å². The lowest BCUT2D eigenvalue weighted by Gasteiger charge is -2.70. The minimum atomic E-state index is -1.48. The maximum atomic E-state index is 13.6. The van der Waals surface area contributed by atoms with E-state index in [1.54, 1.807) is 52.7 Å². The Morgan fingerprint density at radius 3 is 2.31 bits per heavy atom. The highest BCUT2D eigenvalue weighted by molar-refractivity contribution is 5.89. The summed E-state index contributed by atoms with van der Waals surface area (Å²) in [6, 6.07) is 6.69. The third kappa shape index (κ3) is 3.27. The summed E-state index contributed by atoms with van der Waals surface area (Å²) in [6.07, 6.45) is -0.842. The molecule has 42 heavy (non-hydrogen) atoms. The van der Waals surface area contributed by atoms with E-state index in [9.17, 15) is 20.1 Å². The number of carbonyl (C=O) groups excluding carboxylic acids is 1. The van der Waals surface area contributed by atoms with Gasteiger partial charge in [-0.05, 0) is 55.5 Å². The van der Waals surface area contributed by atoms with Crippen LogP contribution in [-0.4, -0.2) is 116 Å². The molecule has 1 spiro atoms. The third-order valence-corrected chi connectivity index (χ3v) is 12.9. The highest BCUT2D eigenvalue weighted by Crippen LogP contribution is 2.79. The second kappa shape index (κ2) is 9.60. The van der Waals surface area contributed by atoms with Crippen LogP contribution in [0.3, 0.4) is 0 Å². The Balaban J connectivity index is 1.38. The molecule has 0 radical (unpaired) electrons. The summed E-state index contributed by atoms with van der Waals surface area (Å²) in [7, 11) is 6.52. The first kappa shape index (κ1) is 29.0. The lowest BCUT2D eigenvalue weighted by molar-refractivity contribution is -0.297. The van der Waals surface area contributed by atoms with Crippen molar-refractivity contribution in [3.63, 3.8) is 0 Å². The SMILES string of the molecule is CCN1CC2(COC)C(O)CC(OC)C34C5CC6(O)C(OC)CC(O)(C(CC23)C14)C5C6OC(=O)c1ccc(OC)cc1. The zero-order valence-corrected chi connectivity index (χ0v) is 25.2. The van der Waals surface area contributed by atoms with Gasteiger partial charge in [-0.1, -0.05) is 6.92 Å². The molecule has 13 unspecified atom stereocenters. The largest absolute Gasteiger partial charge is 0.497 e. The first-order valence-corrected chi connectivity index (χ1v) is 15.4. The second-order valence-corrected chi connectivity index (χ2v) is 13.8. The topological polar surface area (TPSA) is 127 Å². The smallest absolute Gasteiger partial charge is 0.338 e. The molecule has 1 saturated heterocycles. The Kier molecular flexibility index (Phi) is 6.62. The molecule has 0 amide bonds. The molecular formula is C32H45NO9. The van der Waals surface area contributed by atoms with E-state index in [0.29, 0.717) is 43.7 Å². The van der Waals surface area contributed by atoms with Crippen molar-refractivity contribution in [2.45, 2.75) is 74.3 Å². The Morgan fingerprint density at radius 1 is 0.976 bits per heavy atom. The summed E-state index contributed by atoms with van der Waals surface area (Å²) in [4.78, 5) is 16.0. The Bertz CT molecular complexity index is 1230. The van der Waals surface area contributed by atoms with E-state index in [-0.39, 0.29) is 36.3 Å². The molecule has 0 aromatic heterocycles. The van der Waals surface area contributed by atoms with Gasteiger partial charge in [-0.25, -0.2) is 4.79 Å². The van der Waals surface area contributed by atoms with Gasteiger partial charge in [0.2, 0.25) is 0 Å². The Hall–Kier alpha value is -1.79. The van der Waals surface area contributed by atoms with E-state index in [4.69, 9.17) is 23.7 Å². The average Bonchev–Trinajstić information content (AvgIpc) is 3.39. The molecule has 3 N–H and O–H groups in total. The predicted octanol–water partition coefficient (Wildman–Crippen LogP) is 1.49. The molecule has 10 nitrogen and oxygen atoms in total. The lowest BCUT2D eigenvalue weighted by atomic mass is 9.42. The van der Waals surface area contributed by atoms with Crippen LogP contribution in [0.25, 0.3) is 0 Å². The van der Waals surface area contributed by atoms with Gasteiger partial charge >= 0.3 is 5.97 Å². The van der Waals surface area contributed by atoms with Crippen LogP contribution in [0.2, 0.25) is 0 Å². The number of hydrogen-bond donors (Lipinski definition) is 3. The van der Waals surface area contributed by atoms with Crippen molar-refractivity contribution in [2.24, 2.45) is 34.5 Å². The van der Waals surface area contributed by atoms with E-state index < -0.39 is 52.2 Å². The normalized spacial score (nSPS) is 50.0. The quantitative estimate of drug-likeness (QED) is 0.385. The summed E-state index contributed by atoms with van der Waals surface area (Å²) in [5, 5.41) is 37.2. The van der Waals surface area contributed by atoms with E-state index in [1.807, 2.05) is 0 Å². The van der Waals surface area contributed by atoms with E-state index in [1.165, 1.54) is 0 Å². The highest BCUT2D eigenvalue weighted by Gasteiger charge is 2.87. The summed E-state index contributed by atoms with van der Waals surface area (Å²) >= 11 is 0. The van der Waals surface area contributed by atoms with Gasteiger partial charge in [-0.3, -0.25) is 4.90 Å². The number of ether oxygens (including phenoxy) is 5. The number of likely N-dealkylation sites (tertiary alicyclic amines) is 1. The van der Waals surface area contributed by atoms with Crippen molar-refractivity contribution in [1.82, 2.24) is 4.90 Å². The number of nitrogens with zero attached hydrogens (tertiary/aromatic N) is 1. The monoisotopic (exact) mass is 587 g/mol. The number of aliphatic hydroxyl groups is 3. The van der Waals surface area contributed by atoms with Gasteiger partial charge in [0.05, 0.1) is 43.2 Å².